The van der Waals surface area contributed by atoms with Crippen molar-refractivity contribution in [2.45, 2.75) is 56.9 Å². The zero-order valence-electron chi connectivity index (χ0n) is 16.7. The molecule has 0 unspecified atom stereocenters. The van der Waals surface area contributed by atoms with Crippen molar-refractivity contribution in [3.05, 3.63) is 29.8 Å². The maximum absolute atomic E-state index is 13.0. The summed E-state index contributed by atoms with van der Waals surface area (Å²) in [5.41, 5.74) is 0.435. The molecular formula is C21H29N3O3S. The molecule has 1 amide bonds. The topological polar surface area (TPSA) is 81.5 Å². The highest BCUT2D eigenvalue weighted by Gasteiger charge is 2.38. The fourth-order valence-electron chi connectivity index (χ4n) is 3.68. The van der Waals surface area contributed by atoms with Gasteiger partial charge in [-0.1, -0.05) is 13.8 Å². The summed E-state index contributed by atoms with van der Waals surface area (Å²) < 4.78 is 27.1. The van der Waals surface area contributed by atoms with Crippen molar-refractivity contribution < 1.29 is 13.2 Å². The van der Waals surface area contributed by atoms with Crippen LogP contribution in [0.2, 0.25) is 0 Å². The Kier molecular flexibility index (Phi) is 6.41. The van der Waals surface area contributed by atoms with Gasteiger partial charge in [-0.2, -0.15) is 9.57 Å². The minimum atomic E-state index is -3.58. The van der Waals surface area contributed by atoms with E-state index in [1.54, 1.807) is 0 Å². The number of rotatable bonds is 7. The van der Waals surface area contributed by atoms with Crippen LogP contribution in [0.15, 0.2) is 29.2 Å². The summed E-state index contributed by atoms with van der Waals surface area (Å²) in [5, 5.41) is 8.87. The van der Waals surface area contributed by atoms with E-state index in [4.69, 9.17) is 5.26 Å². The van der Waals surface area contributed by atoms with E-state index in [2.05, 4.69) is 18.7 Å². The van der Waals surface area contributed by atoms with Gasteiger partial charge in [0.1, 0.15) is 0 Å². The van der Waals surface area contributed by atoms with Crippen LogP contribution in [0.4, 0.5) is 0 Å². The van der Waals surface area contributed by atoms with Crippen LogP contribution in [-0.4, -0.2) is 49.2 Å². The highest BCUT2D eigenvalue weighted by atomic mass is 32.2. The number of carbonyl (C=O) groups excluding carboxylic acids is 1. The van der Waals surface area contributed by atoms with Crippen molar-refractivity contribution in [1.82, 2.24) is 9.21 Å². The predicted molar refractivity (Wildman–Crippen MR) is 107 cm³/mol. The molecule has 0 spiro atoms. The Morgan fingerprint density at radius 1 is 1.18 bits per heavy atom. The van der Waals surface area contributed by atoms with Gasteiger partial charge in [0.15, 0.2) is 0 Å². The molecule has 3 rings (SSSR count). The van der Waals surface area contributed by atoms with Crippen molar-refractivity contribution in [3.63, 3.8) is 0 Å². The number of hydrogen-bond acceptors (Lipinski definition) is 4. The van der Waals surface area contributed by atoms with Crippen molar-refractivity contribution in [2.24, 2.45) is 11.8 Å². The van der Waals surface area contributed by atoms with Gasteiger partial charge in [-0.15, -0.1) is 0 Å². The second-order valence-electron chi connectivity index (χ2n) is 8.26. The van der Waals surface area contributed by atoms with Crippen molar-refractivity contribution in [2.75, 3.05) is 19.6 Å². The van der Waals surface area contributed by atoms with Crippen LogP contribution in [0.1, 0.15) is 51.5 Å². The van der Waals surface area contributed by atoms with E-state index in [0.717, 1.165) is 25.8 Å². The Labute approximate surface area is 168 Å². The summed E-state index contributed by atoms with van der Waals surface area (Å²) in [4.78, 5) is 15.3. The second kappa shape index (κ2) is 8.62. The second-order valence-corrected chi connectivity index (χ2v) is 10.2. The Morgan fingerprint density at radius 3 is 2.29 bits per heavy atom. The van der Waals surface area contributed by atoms with Crippen molar-refractivity contribution in [3.8, 4) is 6.07 Å². The van der Waals surface area contributed by atoms with E-state index in [-0.39, 0.29) is 16.7 Å². The number of nitrogens with zero attached hydrogens (tertiary/aromatic N) is 3. The lowest BCUT2D eigenvalue weighted by molar-refractivity contribution is -0.137. The average molecular weight is 404 g/mol. The SMILES string of the molecule is CC(C)CCN(C(=O)C1CCN(S(=O)(=O)c2ccc(C#N)cc2)CC1)C1CC1. The average Bonchev–Trinajstić information content (AvgIpc) is 3.53. The van der Waals surface area contributed by atoms with Gasteiger partial charge < -0.3 is 4.90 Å². The van der Waals surface area contributed by atoms with E-state index < -0.39 is 10.0 Å². The van der Waals surface area contributed by atoms with Gasteiger partial charge in [-0.25, -0.2) is 8.42 Å². The maximum atomic E-state index is 13.0. The van der Waals surface area contributed by atoms with Crippen LogP contribution in [0.25, 0.3) is 0 Å². The molecular weight excluding hydrogens is 374 g/mol. The molecule has 1 saturated carbocycles. The molecule has 1 aromatic carbocycles. The van der Waals surface area contributed by atoms with Gasteiger partial charge in [0.2, 0.25) is 15.9 Å². The molecule has 2 fully saturated rings. The van der Waals surface area contributed by atoms with Crippen molar-refractivity contribution in [1.29, 1.82) is 5.26 Å². The molecule has 0 bridgehead atoms. The predicted octanol–water partition coefficient (Wildman–Crippen LogP) is 3.00. The number of carbonyl (C=O) groups is 1. The lowest BCUT2D eigenvalue weighted by atomic mass is 9.96. The van der Waals surface area contributed by atoms with Gasteiger partial charge in [0, 0.05) is 31.6 Å². The Morgan fingerprint density at radius 2 is 1.79 bits per heavy atom. The van der Waals surface area contributed by atoms with E-state index in [1.807, 2.05) is 6.07 Å². The largest absolute Gasteiger partial charge is 0.339 e. The molecule has 1 saturated heterocycles. The molecule has 7 heteroatoms. The Balaban J connectivity index is 1.61. The number of benzene rings is 1. The van der Waals surface area contributed by atoms with Crippen LogP contribution in [0.3, 0.4) is 0 Å². The molecule has 1 aliphatic heterocycles. The summed E-state index contributed by atoms with van der Waals surface area (Å²) >= 11 is 0. The first-order valence-electron chi connectivity index (χ1n) is 10.1. The fraction of sp³-hybridized carbons (Fsp3) is 0.619. The van der Waals surface area contributed by atoms with Gasteiger partial charge >= 0.3 is 0 Å². The first kappa shape index (κ1) is 20.8. The molecule has 2 aliphatic rings. The molecule has 0 N–H and O–H groups in total. The summed E-state index contributed by atoms with van der Waals surface area (Å²) in [5.74, 6) is 0.687. The molecule has 152 valence electrons. The minimum absolute atomic E-state index is 0.0832. The van der Waals surface area contributed by atoms with Crippen LogP contribution in [0.5, 0.6) is 0 Å². The first-order valence-corrected chi connectivity index (χ1v) is 11.6. The van der Waals surface area contributed by atoms with E-state index >= 15 is 0 Å². The summed E-state index contributed by atoms with van der Waals surface area (Å²) in [6.45, 7) is 5.87. The highest BCUT2D eigenvalue weighted by Crippen LogP contribution is 2.32. The van der Waals surface area contributed by atoms with E-state index in [9.17, 15) is 13.2 Å². The maximum Gasteiger partial charge on any atom is 0.243 e. The third-order valence-electron chi connectivity index (χ3n) is 5.64. The van der Waals surface area contributed by atoms with Crippen LogP contribution < -0.4 is 0 Å². The fourth-order valence-corrected chi connectivity index (χ4v) is 5.15. The number of nitriles is 1. The molecule has 1 heterocycles. The molecule has 28 heavy (non-hydrogen) atoms. The summed E-state index contributed by atoms with van der Waals surface area (Å²) in [6, 6.07) is 8.38. The standard InChI is InChI=1S/C21H29N3O3S/c1-16(2)9-14-24(19-5-6-19)21(25)18-10-12-23(13-11-18)28(26,27)20-7-3-17(15-22)4-8-20/h3-4,7-8,16,18-19H,5-6,9-14H2,1-2H3. The molecule has 6 nitrogen and oxygen atoms in total. The zero-order valence-corrected chi connectivity index (χ0v) is 17.5. The third-order valence-corrected chi connectivity index (χ3v) is 7.56. The lowest BCUT2D eigenvalue weighted by Crippen LogP contribution is -2.45. The number of sulfonamides is 1. The molecule has 0 aromatic heterocycles. The number of hydrogen-bond donors (Lipinski definition) is 0. The Bertz CT molecular complexity index is 831. The van der Waals surface area contributed by atoms with Gasteiger partial charge in [-0.05, 0) is 62.3 Å². The monoisotopic (exact) mass is 403 g/mol. The van der Waals surface area contributed by atoms with Crippen LogP contribution in [0, 0.1) is 23.2 Å². The van der Waals surface area contributed by atoms with E-state index in [0.29, 0.717) is 43.5 Å². The van der Waals surface area contributed by atoms with Crippen LogP contribution >= 0.6 is 0 Å². The zero-order chi connectivity index (χ0) is 20.3. The highest BCUT2D eigenvalue weighted by molar-refractivity contribution is 7.89. The van der Waals surface area contributed by atoms with E-state index in [1.165, 1.54) is 28.6 Å². The quantitative estimate of drug-likeness (QED) is 0.701. The molecule has 1 aromatic rings. The van der Waals surface area contributed by atoms with Crippen molar-refractivity contribution >= 4 is 15.9 Å². The van der Waals surface area contributed by atoms with Crippen LogP contribution in [-0.2, 0) is 14.8 Å². The minimum Gasteiger partial charge on any atom is -0.339 e. The Hall–Kier alpha value is -1.91. The first-order chi connectivity index (χ1) is 13.3. The third kappa shape index (κ3) is 4.73. The molecule has 0 radical (unpaired) electrons. The summed E-state index contributed by atoms with van der Waals surface area (Å²) in [7, 11) is -3.58. The van der Waals surface area contributed by atoms with Gasteiger partial charge in [0.25, 0.3) is 0 Å². The lowest BCUT2D eigenvalue weighted by Gasteiger charge is -2.34. The number of piperidine rings is 1. The normalized spacial score (nSPS) is 18.8. The molecule has 1 aliphatic carbocycles. The smallest absolute Gasteiger partial charge is 0.243 e. The summed E-state index contributed by atoms with van der Waals surface area (Å²) in [6.07, 6.45) is 4.33. The molecule has 0 atom stereocenters. The van der Waals surface area contributed by atoms with Gasteiger partial charge in [-0.3, -0.25) is 4.79 Å². The van der Waals surface area contributed by atoms with Gasteiger partial charge in [0.05, 0.1) is 16.5 Å². The number of amides is 1.